The van der Waals surface area contributed by atoms with Gasteiger partial charge in [-0.15, -0.1) is 0 Å². The maximum Gasteiger partial charge on any atom is 0.256 e. The van der Waals surface area contributed by atoms with Crippen LogP contribution in [-0.4, -0.2) is 52.0 Å². The fourth-order valence-corrected chi connectivity index (χ4v) is 4.45. The van der Waals surface area contributed by atoms with Crippen molar-refractivity contribution in [3.63, 3.8) is 0 Å². The second-order valence-corrected chi connectivity index (χ2v) is 8.25. The van der Waals surface area contributed by atoms with Gasteiger partial charge < -0.3 is 4.90 Å². The number of carbonyl (C=O) groups is 1. The van der Waals surface area contributed by atoms with E-state index in [1.807, 2.05) is 6.92 Å². The Balaban J connectivity index is 1.97. The molecule has 9 heteroatoms. The lowest BCUT2D eigenvalue weighted by atomic mass is 10.1. The highest BCUT2D eigenvalue weighted by atomic mass is 35.5. The summed E-state index contributed by atoms with van der Waals surface area (Å²) in [6.07, 6.45) is 6.28. The lowest BCUT2D eigenvalue weighted by Crippen LogP contribution is -2.46. The first-order valence-corrected chi connectivity index (χ1v) is 9.74. The highest BCUT2D eigenvalue weighted by molar-refractivity contribution is 7.91. The molecule has 0 bridgehead atoms. The Labute approximate surface area is 145 Å². The molecule has 1 aliphatic heterocycles. The smallest absolute Gasteiger partial charge is 0.256 e. The average Bonchev–Trinajstić information content (AvgIpc) is 3.03. The van der Waals surface area contributed by atoms with Crippen molar-refractivity contribution in [3.05, 3.63) is 47.0 Å². The van der Waals surface area contributed by atoms with E-state index in [1.54, 1.807) is 28.0 Å². The summed E-state index contributed by atoms with van der Waals surface area (Å²) in [7, 11) is -3.21. The molecule has 0 aliphatic carbocycles. The van der Waals surface area contributed by atoms with E-state index >= 15 is 0 Å². The van der Waals surface area contributed by atoms with Gasteiger partial charge in [0.2, 0.25) is 0 Å². The summed E-state index contributed by atoms with van der Waals surface area (Å²) in [4.78, 5) is 18.3. The van der Waals surface area contributed by atoms with Crippen molar-refractivity contribution in [2.24, 2.45) is 0 Å². The third kappa shape index (κ3) is 3.29. The van der Waals surface area contributed by atoms with E-state index in [9.17, 15) is 13.2 Å². The van der Waals surface area contributed by atoms with Gasteiger partial charge in [0.05, 0.1) is 34.3 Å². The van der Waals surface area contributed by atoms with Gasteiger partial charge in [-0.05, 0) is 13.0 Å². The standard InChI is InChI=1S/C15H17ClN4O3S/c1-2-19-9-11(7-18-19)14-10-24(22,23)6-5-20(14)15(21)12-3-4-17-8-13(12)16/h3-4,7-9,14H,2,5-6,10H2,1H3. The lowest BCUT2D eigenvalue weighted by molar-refractivity contribution is 0.0697. The number of hydrogen-bond acceptors (Lipinski definition) is 5. The van der Waals surface area contributed by atoms with Gasteiger partial charge in [-0.2, -0.15) is 5.10 Å². The van der Waals surface area contributed by atoms with E-state index in [0.717, 1.165) is 0 Å². The van der Waals surface area contributed by atoms with Crippen LogP contribution in [0.1, 0.15) is 28.9 Å². The van der Waals surface area contributed by atoms with Crippen LogP contribution in [0, 0.1) is 0 Å². The van der Waals surface area contributed by atoms with Crippen molar-refractivity contribution in [1.29, 1.82) is 0 Å². The summed E-state index contributed by atoms with van der Waals surface area (Å²) >= 11 is 6.07. The van der Waals surface area contributed by atoms with E-state index in [4.69, 9.17) is 11.6 Å². The summed E-state index contributed by atoms with van der Waals surface area (Å²) in [6.45, 7) is 2.74. The summed E-state index contributed by atoms with van der Waals surface area (Å²) < 4.78 is 25.9. The zero-order valence-corrected chi connectivity index (χ0v) is 14.7. The number of rotatable bonds is 3. The first-order valence-electron chi connectivity index (χ1n) is 7.54. The van der Waals surface area contributed by atoms with Crippen LogP contribution in [0.2, 0.25) is 5.02 Å². The Morgan fingerprint density at radius 2 is 2.21 bits per heavy atom. The number of carbonyl (C=O) groups excluding carboxylic acids is 1. The predicted molar refractivity (Wildman–Crippen MR) is 89.6 cm³/mol. The average molecular weight is 369 g/mol. The van der Waals surface area contributed by atoms with Crippen molar-refractivity contribution >= 4 is 27.3 Å². The summed E-state index contributed by atoms with van der Waals surface area (Å²) in [6, 6.07) is 0.973. The summed E-state index contributed by atoms with van der Waals surface area (Å²) in [5.74, 6) is -0.469. The van der Waals surface area contributed by atoms with E-state index < -0.39 is 15.9 Å². The van der Waals surface area contributed by atoms with E-state index in [0.29, 0.717) is 17.7 Å². The fourth-order valence-electron chi connectivity index (χ4n) is 2.75. The van der Waals surface area contributed by atoms with Crippen LogP contribution in [0.25, 0.3) is 0 Å². The predicted octanol–water partition coefficient (Wildman–Crippen LogP) is 1.56. The minimum absolute atomic E-state index is 0.0557. The molecule has 0 radical (unpaired) electrons. The third-order valence-corrected chi connectivity index (χ3v) is 5.99. The number of amides is 1. The summed E-state index contributed by atoms with van der Waals surface area (Å²) in [5, 5.41) is 4.44. The van der Waals surface area contributed by atoms with Gasteiger partial charge in [-0.3, -0.25) is 14.5 Å². The van der Waals surface area contributed by atoms with E-state index in [1.165, 1.54) is 12.4 Å². The van der Waals surface area contributed by atoms with Crippen LogP contribution < -0.4 is 0 Å². The largest absolute Gasteiger partial charge is 0.329 e. The lowest BCUT2D eigenvalue weighted by Gasteiger charge is -2.35. The molecule has 0 spiro atoms. The number of nitrogens with zero attached hydrogens (tertiary/aromatic N) is 4. The normalized spacial score (nSPS) is 20.1. The maximum absolute atomic E-state index is 12.9. The van der Waals surface area contributed by atoms with Crippen molar-refractivity contribution in [1.82, 2.24) is 19.7 Å². The molecule has 0 aromatic carbocycles. The minimum Gasteiger partial charge on any atom is -0.329 e. The van der Waals surface area contributed by atoms with Gasteiger partial charge in [0, 0.05) is 37.2 Å². The zero-order chi connectivity index (χ0) is 17.3. The molecule has 3 rings (SSSR count). The number of halogens is 1. The molecule has 128 valence electrons. The number of aryl methyl sites for hydroxylation is 1. The number of pyridine rings is 1. The van der Waals surface area contributed by atoms with Crippen molar-refractivity contribution in [2.75, 3.05) is 18.1 Å². The van der Waals surface area contributed by atoms with Crippen LogP contribution in [0.4, 0.5) is 0 Å². The molecule has 3 heterocycles. The first-order chi connectivity index (χ1) is 11.4. The maximum atomic E-state index is 12.9. The highest BCUT2D eigenvalue weighted by Crippen LogP contribution is 2.29. The molecule has 1 atom stereocenters. The Kier molecular flexibility index (Phi) is 4.60. The Bertz CT molecular complexity index is 865. The SMILES string of the molecule is CCn1cc(C2CS(=O)(=O)CCN2C(=O)c2ccncc2Cl)cn1. The molecule has 1 amide bonds. The monoisotopic (exact) mass is 368 g/mol. The molecule has 1 aliphatic rings. The molecule has 2 aromatic rings. The van der Waals surface area contributed by atoms with Crippen molar-refractivity contribution in [3.8, 4) is 0 Å². The molecule has 24 heavy (non-hydrogen) atoms. The zero-order valence-electron chi connectivity index (χ0n) is 13.1. The van der Waals surface area contributed by atoms with Crippen LogP contribution in [0.5, 0.6) is 0 Å². The van der Waals surface area contributed by atoms with E-state index in [-0.39, 0.29) is 29.0 Å². The van der Waals surface area contributed by atoms with Crippen molar-refractivity contribution < 1.29 is 13.2 Å². The van der Waals surface area contributed by atoms with E-state index in [2.05, 4.69) is 10.1 Å². The van der Waals surface area contributed by atoms with Crippen LogP contribution >= 0.6 is 11.6 Å². The van der Waals surface area contributed by atoms with Gasteiger partial charge in [-0.1, -0.05) is 11.6 Å². The van der Waals surface area contributed by atoms with Crippen LogP contribution in [0.15, 0.2) is 30.9 Å². The number of hydrogen-bond donors (Lipinski definition) is 0. The Morgan fingerprint density at radius 3 is 2.88 bits per heavy atom. The van der Waals surface area contributed by atoms with Crippen LogP contribution in [0.3, 0.4) is 0 Å². The van der Waals surface area contributed by atoms with Gasteiger partial charge in [-0.25, -0.2) is 8.42 Å². The molecular weight excluding hydrogens is 352 g/mol. The first kappa shape index (κ1) is 16.9. The molecule has 1 fully saturated rings. The van der Waals surface area contributed by atoms with Gasteiger partial charge >= 0.3 is 0 Å². The molecule has 1 unspecified atom stereocenters. The Hall–Kier alpha value is -1.93. The summed E-state index contributed by atoms with van der Waals surface area (Å²) in [5.41, 5.74) is 1.03. The quantitative estimate of drug-likeness (QED) is 0.820. The highest BCUT2D eigenvalue weighted by Gasteiger charge is 2.36. The topological polar surface area (TPSA) is 85.2 Å². The number of sulfone groups is 1. The number of aromatic nitrogens is 3. The van der Waals surface area contributed by atoms with Gasteiger partial charge in [0.1, 0.15) is 0 Å². The molecule has 0 N–H and O–H groups in total. The second-order valence-electron chi connectivity index (χ2n) is 5.61. The molecule has 2 aromatic heterocycles. The Morgan fingerprint density at radius 1 is 1.42 bits per heavy atom. The van der Waals surface area contributed by atoms with Gasteiger partial charge in [0.25, 0.3) is 5.91 Å². The van der Waals surface area contributed by atoms with Crippen LogP contribution in [-0.2, 0) is 16.4 Å². The molecular formula is C15H17ClN4O3S. The van der Waals surface area contributed by atoms with Gasteiger partial charge in [0.15, 0.2) is 9.84 Å². The molecule has 1 saturated heterocycles. The second kappa shape index (κ2) is 6.52. The third-order valence-electron chi connectivity index (χ3n) is 4.06. The van der Waals surface area contributed by atoms with Crippen molar-refractivity contribution in [2.45, 2.75) is 19.5 Å². The molecule has 0 saturated carbocycles. The minimum atomic E-state index is -3.21. The molecule has 7 nitrogen and oxygen atoms in total. The fraction of sp³-hybridized carbons (Fsp3) is 0.400.